The van der Waals surface area contributed by atoms with E-state index in [1.807, 2.05) is 0 Å². The number of halogens is 2. The van der Waals surface area contributed by atoms with Crippen molar-refractivity contribution in [2.45, 2.75) is 6.04 Å². The number of esters is 1. The molecule has 0 aliphatic carbocycles. The molecule has 0 fully saturated rings. The summed E-state index contributed by atoms with van der Waals surface area (Å²) in [5.41, 5.74) is 6.43. The molecule has 0 saturated heterocycles. The first-order chi connectivity index (χ1) is 9.02. The lowest BCUT2D eigenvalue weighted by Gasteiger charge is -2.09. The number of furan rings is 1. The van der Waals surface area contributed by atoms with Crippen molar-refractivity contribution in [2.24, 2.45) is 5.73 Å². The number of benzene rings is 1. The SMILES string of the molecule is COC(=O)c1ccc(C(N)c2ccc(Cl)c(F)c2)o1. The van der Waals surface area contributed by atoms with Gasteiger partial charge in [-0.15, -0.1) is 0 Å². The van der Waals surface area contributed by atoms with Crippen LogP contribution in [0.2, 0.25) is 5.02 Å². The average molecular weight is 284 g/mol. The van der Waals surface area contributed by atoms with Gasteiger partial charge in [-0.05, 0) is 29.8 Å². The summed E-state index contributed by atoms with van der Waals surface area (Å²) in [6.07, 6.45) is 0. The van der Waals surface area contributed by atoms with Gasteiger partial charge in [0.15, 0.2) is 0 Å². The van der Waals surface area contributed by atoms with Gasteiger partial charge in [-0.25, -0.2) is 9.18 Å². The van der Waals surface area contributed by atoms with Crippen LogP contribution >= 0.6 is 11.6 Å². The van der Waals surface area contributed by atoms with Crippen LogP contribution in [0.4, 0.5) is 4.39 Å². The second-order valence-electron chi connectivity index (χ2n) is 3.84. The van der Waals surface area contributed by atoms with Crippen molar-refractivity contribution in [1.29, 1.82) is 0 Å². The van der Waals surface area contributed by atoms with Crippen LogP contribution in [0.1, 0.15) is 27.9 Å². The third-order valence-corrected chi connectivity index (χ3v) is 2.93. The van der Waals surface area contributed by atoms with Crippen LogP contribution in [0.5, 0.6) is 0 Å². The van der Waals surface area contributed by atoms with Gasteiger partial charge in [0.25, 0.3) is 0 Å². The van der Waals surface area contributed by atoms with E-state index in [9.17, 15) is 9.18 Å². The minimum absolute atomic E-state index is 0.0191. The molecule has 0 aliphatic rings. The van der Waals surface area contributed by atoms with E-state index in [-0.39, 0.29) is 10.8 Å². The molecular formula is C13H11ClFNO3. The lowest BCUT2D eigenvalue weighted by atomic mass is 10.1. The van der Waals surface area contributed by atoms with E-state index in [0.717, 1.165) is 0 Å². The molecule has 6 heteroatoms. The molecule has 1 aromatic heterocycles. The third kappa shape index (κ3) is 2.77. The Balaban J connectivity index is 2.28. The molecule has 0 aliphatic heterocycles. The number of hydrogen-bond acceptors (Lipinski definition) is 4. The standard InChI is InChI=1S/C13H11ClFNO3/c1-18-13(17)11-5-4-10(19-11)12(16)7-2-3-8(14)9(15)6-7/h2-6,12H,16H2,1H3. The number of rotatable bonds is 3. The summed E-state index contributed by atoms with van der Waals surface area (Å²) in [6, 6.07) is 6.54. The van der Waals surface area contributed by atoms with Crippen LogP contribution in [0.3, 0.4) is 0 Å². The fourth-order valence-corrected chi connectivity index (χ4v) is 1.72. The molecular weight excluding hydrogens is 273 g/mol. The summed E-state index contributed by atoms with van der Waals surface area (Å²) in [7, 11) is 1.25. The maximum atomic E-state index is 13.4. The van der Waals surface area contributed by atoms with Gasteiger partial charge in [-0.2, -0.15) is 0 Å². The van der Waals surface area contributed by atoms with Crippen LogP contribution in [0, 0.1) is 5.82 Å². The maximum Gasteiger partial charge on any atom is 0.373 e. The van der Waals surface area contributed by atoms with Crippen LogP contribution in [0.25, 0.3) is 0 Å². The molecule has 2 N–H and O–H groups in total. The van der Waals surface area contributed by atoms with Gasteiger partial charge in [0, 0.05) is 0 Å². The Hall–Kier alpha value is -1.85. The number of carbonyl (C=O) groups excluding carboxylic acids is 1. The maximum absolute atomic E-state index is 13.4. The van der Waals surface area contributed by atoms with Crippen LogP contribution in [0.15, 0.2) is 34.7 Å². The lowest BCUT2D eigenvalue weighted by molar-refractivity contribution is 0.0562. The van der Waals surface area contributed by atoms with Crippen LogP contribution < -0.4 is 5.73 Å². The highest BCUT2D eigenvalue weighted by atomic mass is 35.5. The smallest absolute Gasteiger partial charge is 0.373 e. The summed E-state index contributed by atoms with van der Waals surface area (Å²) >= 11 is 5.60. The molecule has 1 atom stereocenters. The number of carbonyl (C=O) groups is 1. The first kappa shape index (κ1) is 13.6. The normalized spacial score (nSPS) is 12.2. The summed E-state index contributed by atoms with van der Waals surface area (Å²) < 4.78 is 23.1. The van der Waals surface area contributed by atoms with Gasteiger partial charge in [-0.3, -0.25) is 0 Å². The van der Waals surface area contributed by atoms with E-state index in [0.29, 0.717) is 11.3 Å². The molecule has 1 unspecified atom stereocenters. The average Bonchev–Trinajstić information content (AvgIpc) is 2.89. The van der Waals surface area contributed by atoms with Gasteiger partial charge >= 0.3 is 5.97 Å². The van der Waals surface area contributed by atoms with Gasteiger partial charge in [0.05, 0.1) is 18.2 Å². The van der Waals surface area contributed by atoms with Crippen molar-refractivity contribution in [3.05, 3.63) is 58.3 Å². The molecule has 1 heterocycles. The molecule has 4 nitrogen and oxygen atoms in total. The van der Waals surface area contributed by atoms with E-state index in [1.54, 1.807) is 12.1 Å². The molecule has 2 rings (SSSR count). The zero-order valence-corrected chi connectivity index (χ0v) is 10.8. The largest absolute Gasteiger partial charge is 0.463 e. The number of methoxy groups -OCH3 is 1. The monoisotopic (exact) mass is 283 g/mol. The minimum atomic E-state index is -0.690. The summed E-state index contributed by atoms with van der Waals surface area (Å²) in [4.78, 5) is 11.3. The number of hydrogen-bond donors (Lipinski definition) is 1. The summed E-state index contributed by atoms with van der Waals surface area (Å²) in [5.74, 6) is -0.778. The highest BCUT2D eigenvalue weighted by Gasteiger charge is 2.18. The molecule has 0 radical (unpaired) electrons. The molecule has 19 heavy (non-hydrogen) atoms. The van der Waals surface area contributed by atoms with Crippen molar-refractivity contribution >= 4 is 17.6 Å². The van der Waals surface area contributed by atoms with Crippen LogP contribution in [-0.2, 0) is 4.74 Å². The highest BCUT2D eigenvalue weighted by molar-refractivity contribution is 6.30. The second-order valence-corrected chi connectivity index (χ2v) is 4.25. The zero-order valence-electron chi connectivity index (χ0n) is 10.0. The Kier molecular flexibility index (Phi) is 3.87. The van der Waals surface area contributed by atoms with Crippen molar-refractivity contribution in [3.63, 3.8) is 0 Å². The van der Waals surface area contributed by atoms with E-state index >= 15 is 0 Å². The van der Waals surface area contributed by atoms with Crippen molar-refractivity contribution in [3.8, 4) is 0 Å². The van der Waals surface area contributed by atoms with E-state index in [2.05, 4.69) is 4.74 Å². The Bertz CT molecular complexity index is 612. The quantitative estimate of drug-likeness (QED) is 0.880. The topological polar surface area (TPSA) is 65.5 Å². The van der Waals surface area contributed by atoms with Gasteiger partial charge in [0.2, 0.25) is 5.76 Å². The molecule has 0 saturated carbocycles. The first-order valence-corrected chi connectivity index (χ1v) is 5.79. The predicted octanol–water partition coefficient (Wildman–Crippen LogP) is 2.91. The van der Waals surface area contributed by atoms with Crippen LogP contribution in [-0.4, -0.2) is 13.1 Å². The fourth-order valence-electron chi connectivity index (χ4n) is 1.60. The van der Waals surface area contributed by atoms with E-state index in [1.165, 1.54) is 25.3 Å². The van der Waals surface area contributed by atoms with E-state index in [4.69, 9.17) is 21.8 Å². The Morgan fingerprint density at radius 3 is 2.79 bits per heavy atom. The van der Waals surface area contributed by atoms with Gasteiger partial charge < -0.3 is 14.9 Å². The highest BCUT2D eigenvalue weighted by Crippen LogP contribution is 2.25. The number of ether oxygens (including phenoxy) is 1. The summed E-state index contributed by atoms with van der Waals surface area (Å²) in [5, 5.41) is 0.0191. The number of nitrogens with two attached hydrogens (primary N) is 1. The van der Waals surface area contributed by atoms with Gasteiger partial charge in [0.1, 0.15) is 11.6 Å². The Morgan fingerprint density at radius 2 is 2.16 bits per heavy atom. The summed E-state index contributed by atoms with van der Waals surface area (Å²) in [6.45, 7) is 0. The van der Waals surface area contributed by atoms with E-state index < -0.39 is 17.8 Å². The van der Waals surface area contributed by atoms with Crippen molar-refractivity contribution in [1.82, 2.24) is 0 Å². The van der Waals surface area contributed by atoms with Gasteiger partial charge in [-0.1, -0.05) is 17.7 Å². The second kappa shape index (κ2) is 5.42. The minimum Gasteiger partial charge on any atom is -0.463 e. The molecule has 1 aromatic carbocycles. The Morgan fingerprint density at radius 1 is 1.42 bits per heavy atom. The zero-order chi connectivity index (χ0) is 14.0. The molecule has 0 amide bonds. The third-order valence-electron chi connectivity index (χ3n) is 2.62. The molecule has 0 bridgehead atoms. The lowest BCUT2D eigenvalue weighted by Crippen LogP contribution is -2.11. The van der Waals surface area contributed by atoms with Crippen molar-refractivity contribution in [2.75, 3.05) is 7.11 Å². The molecule has 2 aromatic rings. The molecule has 0 spiro atoms. The predicted molar refractivity (Wildman–Crippen MR) is 67.5 cm³/mol. The fraction of sp³-hybridized carbons (Fsp3) is 0.154. The Labute approximate surface area is 113 Å². The first-order valence-electron chi connectivity index (χ1n) is 5.41. The molecule has 100 valence electrons. The van der Waals surface area contributed by atoms with Crippen molar-refractivity contribution < 1.29 is 18.3 Å².